The number of carboxylic acid groups (broad SMARTS) is 1. The van der Waals surface area contributed by atoms with E-state index >= 15 is 4.39 Å². The molecule has 3 N–H and O–H groups in total. The third kappa shape index (κ3) is 7.10. The number of hydrogen-bond donors (Lipinski definition) is 3. The minimum atomic E-state index is -0.822. The number of nitriles is 1. The number of rotatable bonds is 5. The highest BCUT2D eigenvalue weighted by molar-refractivity contribution is 6.03. The third-order valence-corrected chi connectivity index (χ3v) is 6.87. The smallest absolute Gasteiger partial charge is 0.437 e. The Labute approximate surface area is 257 Å². The molecule has 0 saturated heterocycles. The summed E-state index contributed by atoms with van der Waals surface area (Å²) < 4.78 is 22.2. The first kappa shape index (κ1) is 32.2. The second kappa shape index (κ2) is 13.3. The predicted molar refractivity (Wildman–Crippen MR) is 162 cm³/mol. The van der Waals surface area contributed by atoms with Gasteiger partial charge in [0, 0.05) is 36.6 Å². The summed E-state index contributed by atoms with van der Waals surface area (Å²) in [6, 6.07) is 10.2. The summed E-state index contributed by atoms with van der Waals surface area (Å²) in [5.74, 6) is 0.122. The Morgan fingerprint density at radius 3 is 2.67 bits per heavy atom. The fourth-order valence-electron chi connectivity index (χ4n) is 4.68. The molecule has 1 aromatic carbocycles. The Morgan fingerprint density at radius 2 is 1.98 bits per heavy atom. The molecular weight excluding hydrogens is 583 g/mol. The van der Waals surface area contributed by atoms with Crippen molar-refractivity contribution < 1.29 is 28.6 Å². The highest BCUT2D eigenvalue weighted by Crippen LogP contribution is 2.39. The van der Waals surface area contributed by atoms with Crippen LogP contribution in [0.15, 0.2) is 47.7 Å². The lowest BCUT2D eigenvalue weighted by molar-refractivity contribution is -0.122. The summed E-state index contributed by atoms with van der Waals surface area (Å²) in [5, 5.41) is 22.4. The summed E-state index contributed by atoms with van der Waals surface area (Å²) in [6.45, 7) is 9.70. The number of benzene rings is 1. The maximum Gasteiger partial charge on any atom is 0.437 e. The molecule has 0 spiro atoms. The minimum Gasteiger partial charge on any atom is -0.483 e. The van der Waals surface area contributed by atoms with E-state index in [0.29, 0.717) is 41.2 Å². The summed E-state index contributed by atoms with van der Waals surface area (Å²) in [6.07, 6.45) is 1.93. The lowest BCUT2D eigenvalue weighted by Gasteiger charge is -2.19. The molecule has 0 fully saturated rings. The highest BCUT2D eigenvalue weighted by Gasteiger charge is 2.25. The van der Waals surface area contributed by atoms with Gasteiger partial charge in [0.2, 0.25) is 0 Å². The molecular formula is C31H31FN8O5. The second-order valence-electron chi connectivity index (χ2n) is 10.9. The first-order valence-electron chi connectivity index (χ1n) is 13.9. The van der Waals surface area contributed by atoms with E-state index in [9.17, 15) is 14.9 Å². The zero-order chi connectivity index (χ0) is 32.9. The molecule has 14 heteroatoms. The van der Waals surface area contributed by atoms with Crippen molar-refractivity contribution in [3.63, 3.8) is 0 Å². The van der Waals surface area contributed by atoms with Crippen LogP contribution >= 0.6 is 0 Å². The van der Waals surface area contributed by atoms with Crippen LogP contribution in [0.3, 0.4) is 0 Å². The van der Waals surface area contributed by atoms with Crippen molar-refractivity contribution in [2.75, 3.05) is 17.2 Å². The Hall–Kier alpha value is -5.71. The molecule has 0 aliphatic carbocycles. The Morgan fingerprint density at radius 1 is 1.24 bits per heavy atom. The van der Waals surface area contributed by atoms with E-state index < -0.39 is 23.2 Å². The molecule has 0 radical (unpaired) electrons. The van der Waals surface area contributed by atoms with Crippen LogP contribution < -0.4 is 16.3 Å². The highest BCUT2D eigenvalue weighted by atomic mass is 19.1. The fraction of sp³-hybridized carbons (Fsp3) is 0.290. The largest absolute Gasteiger partial charge is 0.483 e. The van der Waals surface area contributed by atoms with Crippen LogP contribution in [0, 0.1) is 24.1 Å². The van der Waals surface area contributed by atoms with Gasteiger partial charge in [0.15, 0.2) is 0 Å². The van der Waals surface area contributed by atoms with Crippen LogP contribution in [-0.2, 0) is 21.5 Å². The number of anilines is 2. The number of fused-ring (bicyclic) bond motifs is 3. The number of nitrogens with one attached hydrogen (secondary N) is 2. The average Bonchev–Trinajstić information content (AvgIpc) is 3.49. The molecule has 232 valence electrons. The average molecular weight is 615 g/mol. The van der Waals surface area contributed by atoms with E-state index in [0.717, 1.165) is 11.4 Å². The van der Waals surface area contributed by atoms with Crippen LogP contribution in [0.25, 0.3) is 22.5 Å². The van der Waals surface area contributed by atoms with Crippen molar-refractivity contribution in [3.8, 4) is 28.6 Å². The SMILES string of the molecule is Cc1cc(F)c(NC(=O)c2cc(C(C)(C)C#N)ccn2)cc1-c1cc2cnc(=NC(=O)OC(C)C)nc-2n2c1NCC2.O=CO. The molecule has 2 amide bonds. The number of amides is 2. The standard InChI is InChI=1S/C30H29FN8O3.CH2O2/c1-16(2)42-29(41)38-28-35-14-18-11-21(26-34-8-9-39(26)25(18)37-28)20-13-23(22(31)10-17(20)3)36-27(40)24-12-19(6-7-33-24)30(4,5)15-32;2-1-3/h6-7,10-14,16,34H,8-9H2,1-5H3,(H,36,40);1H,(H,2,3). The van der Waals surface area contributed by atoms with E-state index in [1.54, 1.807) is 52.9 Å². The topological polar surface area (TPSA) is 184 Å². The molecule has 5 rings (SSSR count). The maximum absolute atomic E-state index is 15.1. The zero-order valence-electron chi connectivity index (χ0n) is 25.3. The number of aryl methyl sites for hydroxylation is 1. The van der Waals surface area contributed by atoms with Crippen molar-refractivity contribution in [3.05, 3.63) is 71.0 Å². The summed E-state index contributed by atoms with van der Waals surface area (Å²) in [5.41, 5.74) is 2.63. The van der Waals surface area contributed by atoms with Crippen LogP contribution in [0.2, 0.25) is 0 Å². The van der Waals surface area contributed by atoms with Gasteiger partial charge in [-0.05, 0) is 81.6 Å². The van der Waals surface area contributed by atoms with Gasteiger partial charge in [0.05, 0.1) is 23.3 Å². The number of hydrogen-bond acceptors (Lipinski definition) is 9. The molecule has 3 aliphatic heterocycles. The van der Waals surface area contributed by atoms with Crippen molar-refractivity contribution >= 4 is 30.0 Å². The van der Waals surface area contributed by atoms with Gasteiger partial charge in [-0.1, -0.05) is 0 Å². The summed E-state index contributed by atoms with van der Waals surface area (Å²) >= 11 is 0. The van der Waals surface area contributed by atoms with Gasteiger partial charge >= 0.3 is 6.09 Å². The Kier molecular flexibility index (Phi) is 9.51. The van der Waals surface area contributed by atoms with E-state index in [1.807, 2.05) is 10.6 Å². The lowest BCUT2D eigenvalue weighted by Crippen LogP contribution is -2.21. The van der Waals surface area contributed by atoms with Gasteiger partial charge in [-0.25, -0.2) is 14.2 Å². The monoisotopic (exact) mass is 614 g/mol. The summed E-state index contributed by atoms with van der Waals surface area (Å²) in [4.78, 5) is 50.1. The van der Waals surface area contributed by atoms with Gasteiger partial charge in [-0.3, -0.25) is 14.6 Å². The molecule has 0 unspecified atom stereocenters. The third-order valence-electron chi connectivity index (χ3n) is 6.87. The first-order chi connectivity index (χ1) is 21.4. The van der Waals surface area contributed by atoms with Crippen LogP contribution in [0.5, 0.6) is 0 Å². The van der Waals surface area contributed by atoms with E-state index in [-0.39, 0.29) is 29.6 Å². The molecule has 2 aromatic rings. The minimum absolute atomic E-state index is 0.0127. The normalized spacial score (nSPS) is 12.4. The molecule has 4 heterocycles. The van der Waals surface area contributed by atoms with E-state index in [4.69, 9.17) is 14.6 Å². The zero-order valence-corrected chi connectivity index (χ0v) is 25.3. The van der Waals surface area contributed by atoms with Gasteiger partial charge in [-0.15, -0.1) is 4.99 Å². The Bertz CT molecular complexity index is 1860. The van der Waals surface area contributed by atoms with E-state index in [2.05, 4.69) is 36.6 Å². The van der Waals surface area contributed by atoms with Gasteiger partial charge < -0.3 is 25.0 Å². The number of nitrogens with zero attached hydrogens (tertiary/aromatic N) is 6. The van der Waals surface area contributed by atoms with Gasteiger partial charge in [-0.2, -0.15) is 10.2 Å². The predicted octanol–water partition coefficient (Wildman–Crippen LogP) is 4.52. The van der Waals surface area contributed by atoms with E-state index in [1.165, 1.54) is 18.3 Å². The quantitative estimate of drug-likeness (QED) is 0.270. The molecule has 45 heavy (non-hydrogen) atoms. The first-order valence-corrected chi connectivity index (χ1v) is 13.9. The van der Waals surface area contributed by atoms with Crippen molar-refractivity contribution in [2.24, 2.45) is 4.99 Å². The molecule has 0 bridgehead atoms. The van der Waals surface area contributed by atoms with Crippen molar-refractivity contribution in [2.45, 2.75) is 52.7 Å². The number of aromatic nitrogens is 4. The van der Waals surface area contributed by atoms with Crippen LogP contribution in [0.1, 0.15) is 49.3 Å². The number of carbonyl (C=O) groups is 3. The number of carbonyl (C=O) groups excluding carboxylic acids is 2. The Balaban J connectivity index is 0.00000148. The molecule has 0 atom stereocenters. The number of ether oxygens (including phenoxy) is 1. The fourth-order valence-corrected chi connectivity index (χ4v) is 4.68. The van der Waals surface area contributed by atoms with Crippen molar-refractivity contribution in [1.29, 1.82) is 5.26 Å². The molecule has 13 nitrogen and oxygen atoms in total. The number of halogens is 1. The van der Waals surface area contributed by atoms with Gasteiger partial charge in [0.1, 0.15) is 23.2 Å². The second-order valence-corrected chi connectivity index (χ2v) is 10.9. The van der Waals surface area contributed by atoms with Crippen molar-refractivity contribution in [1.82, 2.24) is 19.5 Å². The van der Waals surface area contributed by atoms with Gasteiger partial charge in [0.25, 0.3) is 18.0 Å². The lowest BCUT2D eigenvalue weighted by atomic mass is 9.86. The number of pyridine rings is 2. The van der Waals surface area contributed by atoms with Crippen LogP contribution in [0.4, 0.5) is 20.7 Å². The summed E-state index contributed by atoms with van der Waals surface area (Å²) in [7, 11) is 0. The maximum atomic E-state index is 15.1. The molecule has 0 saturated carbocycles. The van der Waals surface area contributed by atoms with Crippen LogP contribution in [-0.4, -0.2) is 55.7 Å². The molecule has 3 aliphatic rings. The molecule has 1 aromatic heterocycles.